The van der Waals surface area contributed by atoms with Gasteiger partial charge in [-0.25, -0.2) is 35.1 Å². The molecule has 0 aromatic heterocycles. The van der Waals surface area contributed by atoms with E-state index in [4.69, 9.17) is 4.74 Å². The molecule has 0 radical (unpaired) electrons. The van der Waals surface area contributed by atoms with Gasteiger partial charge in [0, 0.05) is 29.3 Å². The predicted octanol–water partition coefficient (Wildman–Crippen LogP) is 8.39. The fourth-order valence-electron chi connectivity index (χ4n) is 3.68. The lowest BCUT2D eigenvalue weighted by Gasteiger charge is -2.20. The Morgan fingerprint density at radius 3 is 1.73 bits per heavy atom. The van der Waals surface area contributed by atoms with Crippen molar-refractivity contribution in [3.8, 4) is 34.5 Å². The molecule has 41 heavy (non-hydrogen) atoms. The molecule has 0 amide bonds. The van der Waals surface area contributed by atoms with Gasteiger partial charge in [0.25, 0.3) is 0 Å². The van der Waals surface area contributed by atoms with Crippen LogP contribution in [0.5, 0.6) is 11.5 Å². The fraction of sp³-hybridized carbons (Fsp3) is 0.103. The number of hydrogen-bond donors (Lipinski definition) is 0. The van der Waals surface area contributed by atoms with E-state index < -0.39 is 86.2 Å². The zero-order valence-electron chi connectivity index (χ0n) is 20.5. The van der Waals surface area contributed by atoms with Crippen LogP contribution in [-0.4, -0.2) is 6.61 Å². The monoisotopic (exact) mass is 584 g/mol. The zero-order chi connectivity index (χ0) is 30.1. The molecule has 0 aliphatic heterocycles. The van der Waals surface area contributed by atoms with Crippen LogP contribution in [0.2, 0.25) is 0 Å². The summed E-state index contributed by atoms with van der Waals surface area (Å²) in [6.45, 7) is 1.71. The van der Waals surface area contributed by atoms with Crippen LogP contribution in [0.15, 0.2) is 54.6 Å². The Morgan fingerprint density at radius 2 is 1.20 bits per heavy atom. The second kappa shape index (κ2) is 11.4. The summed E-state index contributed by atoms with van der Waals surface area (Å²) in [6.07, 6.45) is -4.71. The topological polar surface area (TPSA) is 18.5 Å². The molecule has 212 valence electrons. The summed E-state index contributed by atoms with van der Waals surface area (Å²) in [5.41, 5.74) is -4.17. The fourth-order valence-corrected chi connectivity index (χ4v) is 3.68. The van der Waals surface area contributed by atoms with Gasteiger partial charge in [0.2, 0.25) is 0 Å². The van der Waals surface area contributed by atoms with Gasteiger partial charge < -0.3 is 9.47 Å². The third-order valence-corrected chi connectivity index (χ3v) is 5.47. The average Bonchev–Trinajstić information content (AvgIpc) is 2.86. The van der Waals surface area contributed by atoms with E-state index >= 15 is 0 Å². The molecule has 0 N–H and O–H groups in total. The van der Waals surface area contributed by atoms with Crippen molar-refractivity contribution >= 4 is 0 Å². The molecule has 2 nitrogen and oxygen atoms in total. The van der Waals surface area contributed by atoms with Crippen molar-refractivity contribution in [2.45, 2.75) is 13.0 Å². The van der Waals surface area contributed by atoms with Crippen LogP contribution in [0.4, 0.5) is 43.9 Å². The van der Waals surface area contributed by atoms with Crippen molar-refractivity contribution in [3.05, 3.63) is 118 Å². The van der Waals surface area contributed by atoms with Crippen LogP contribution in [-0.2, 0) is 6.11 Å². The quantitative estimate of drug-likeness (QED) is 0.129. The third kappa shape index (κ3) is 6.24. The molecule has 0 saturated heterocycles. The Balaban J connectivity index is 1.60. The van der Waals surface area contributed by atoms with Gasteiger partial charge >= 0.3 is 6.11 Å². The van der Waals surface area contributed by atoms with Crippen LogP contribution in [0.3, 0.4) is 0 Å². The molecule has 0 heterocycles. The molecule has 12 heteroatoms. The molecule has 0 bridgehead atoms. The van der Waals surface area contributed by atoms with Gasteiger partial charge in [-0.3, -0.25) is 0 Å². The van der Waals surface area contributed by atoms with Gasteiger partial charge in [0.05, 0.1) is 12.2 Å². The first-order valence-electron chi connectivity index (χ1n) is 11.5. The maximum Gasteiger partial charge on any atom is 0.432 e. The van der Waals surface area contributed by atoms with Crippen molar-refractivity contribution in [3.63, 3.8) is 0 Å². The lowest BCUT2D eigenvalue weighted by atomic mass is 10.0. The molecule has 4 aromatic carbocycles. The van der Waals surface area contributed by atoms with Crippen molar-refractivity contribution in [2.75, 3.05) is 6.61 Å². The molecule has 4 aromatic rings. The molecule has 0 spiro atoms. The molecule has 0 atom stereocenters. The van der Waals surface area contributed by atoms with E-state index in [1.54, 1.807) is 6.92 Å². The molecule has 0 aliphatic rings. The van der Waals surface area contributed by atoms with Crippen molar-refractivity contribution in [2.24, 2.45) is 0 Å². The van der Waals surface area contributed by atoms with E-state index in [1.807, 2.05) is 5.92 Å². The second-order valence-electron chi connectivity index (χ2n) is 8.27. The minimum atomic E-state index is -4.71. The average molecular weight is 584 g/mol. The standard InChI is InChI=1S/C29H14F10O2/c1-2-40-17-12-21(31)19(22(32)13-17)5-3-14-7-23(33)27(24(34)8-14)29(38,39)41-16-4-6-18(20(30)11-16)15-9-25(35)28(37)26(36)10-15/h4,6-13H,2H2,1H3. The van der Waals surface area contributed by atoms with E-state index in [2.05, 4.69) is 10.7 Å². The maximum absolute atomic E-state index is 14.7. The van der Waals surface area contributed by atoms with Crippen molar-refractivity contribution in [1.29, 1.82) is 0 Å². The molecular formula is C29H14F10O2. The van der Waals surface area contributed by atoms with Gasteiger partial charge in [0.1, 0.15) is 46.1 Å². The maximum atomic E-state index is 14.7. The highest BCUT2D eigenvalue weighted by atomic mass is 19.3. The van der Waals surface area contributed by atoms with Gasteiger partial charge in [-0.15, -0.1) is 0 Å². The summed E-state index contributed by atoms with van der Waals surface area (Å²) < 4.78 is 151. The third-order valence-electron chi connectivity index (χ3n) is 5.47. The molecule has 0 saturated carbocycles. The van der Waals surface area contributed by atoms with E-state index in [-0.39, 0.29) is 12.4 Å². The first kappa shape index (κ1) is 29.3. The van der Waals surface area contributed by atoms with E-state index in [9.17, 15) is 43.9 Å². The molecule has 0 fully saturated rings. The van der Waals surface area contributed by atoms with Gasteiger partial charge in [0.15, 0.2) is 17.5 Å². The minimum Gasteiger partial charge on any atom is -0.494 e. The molecule has 4 rings (SSSR count). The van der Waals surface area contributed by atoms with E-state index in [0.717, 1.165) is 24.3 Å². The number of rotatable bonds is 6. The first-order valence-corrected chi connectivity index (χ1v) is 11.5. The van der Waals surface area contributed by atoms with Crippen LogP contribution < -0.4 is 9.47 Å². The molecular weight excluding hydrogens is 570 g/mol. The Bertz CT molecular complexity index is 1640. The Hall–Kier alpha value is -4.66. The zero-order valence-corrected chi connectivity index (χ0v) is 20.5. The minimum absolute atomic E-state index is 0.121. The summed E-state index contributed by atoms with van der Waals surface area (Å²) in [7, 11) is 0. The van der Waals surface area contributed by atoms with E-state index in [1.165, 1.54) is 0 Å². The summed E-state index contributed by atoms with van der Waals surface area (Å²) in [6, 6.07) is 5.22. The smallest absolute Gasteiger partial charge is 0.432 e. The van der Waals surface area contributed by atoms with Gasteiger partial charge in [-0.2, -0.15) is 8.78 Å². The highest BCUT2D eigenvalue weighted by molar-refractivity contribution is 5.65. The second-order valence-corrected chi connectivity index (χ2v) is 8.27. The largest absolute Gasteiger partial charge is 0.494 e. The summed E-state index contributed by atoms with van der Waals surface area (Å²) in [5.74, 6) is -9.27. The Morgan fingerprint density at radius 1 is 0.634 bits per heavy atom. The lowest BCUT2D eigenvalue weighted by molar-refractivity contribution is -0.189. The van der Waals surface area contributed by atoms with Gasteiger partial charge in [-0.1, -0.05) is 11.8 Å². The Kier molecular flexibility index (Phi) is 8.19. The van der Waals surface area contributed by atoms with Crippen molar-refractivity contribution < 1.29 is 53.4 Å². The lowest BCUT2D eigenvalue weighted by Crippen LogP contribution is -2.25. The SMILES string of the molecule is CCOc1cc(F)c(C#Cc2cc(F)c(C(F)(F)Oc3ccc(-c4cc(F)c(F)c(F)c4)c(F)c3)c(F)c2)c(F)c1. The van der Waals surface area contributed by atoms with Crippen LogP contribution in [0.1, 0.15) is 23.6 Å². The predicted molar refractivity (Wildman–Crippen MR) is 126 cm³/mol. The summed E-state index contributed by atoms with van der Waals surface area (Å²) >= 11 is 0. The van der Waals surface area contributed by atoms with Gasteiger partial charge in [-0.05, 0) is 48.9 Å². The van der Waals surface area contributed by atoms with Crippen LogP contribution >= 0.6 is 0 Å². The van der Waals surface area contributed by atoms with Crippen LogP contribution in [0.25, 0.3) is 11.1 Å². The number of benzene rings is 4. The molecule has 0 aliphatic carbocycles. The normalized spacial score (nSPS) is 11.2. The summed E-state index contributed by atoms with van der Waals surface area (Å²) in [4.78, 5) is 0. The highest BCUT2D eigenvalue weighted by Crippen LogP contribution is 2.37. The number of ether oxygens (including phenoxy) is 2. The number of alkyl halides is 2. The Labute approximate surface area is 225 Å². The van der Waals surface area contributed by atoms with E-state index in [0.29, 0.717) is 30.3 Å². The summed E-state index contributed by atoms with van der Waals surface area (Å²) in [5, 5.41) is 0. The number of hydrogen-bond acceptors (Lipinski definition) is 2. The van der Waals surface area contributed by atoms with Crippen LogP contribution in [0, 0.1) is 58.4 Å². The molecule has 0 unspecified atom stereocenters. The highest BCUT2D eigenvalue weighted by Gasteiger charge is 2.41. The first-order chi connectivity index (χ1) is 19.3. The number of halogens is 10. The van der Waals surface area contributed by atoms with Crippen molar-refractivity contribution in [1.82, 2.24) is 0 Å².